The van der Waals surface area contributed by atoms with E-state index in [0.29, 0.717) is 0 Å². The zero-order valence-corrected chi connectivity index (χ0v) is 14.6. The van der Waals surface area contributed by atoms with Gasteiger partial charge in [0, 0.05) is 20.4 Å². The van der Waals surface area contributed by atoms with Crippen LogP contribution in [0.3, 0.4) is 0 Å². The van der Waals surface area contributed by atoms with Crippen molar-refractivity contribution >= 4 is 0 Å². The predicted octanol–water partition coefficient (Wildman–Crippen LogP) is 1.23. The van der Waals surface area contributed by atoms with Crippen molar-refractivity contribution in [3.63, 3.8) is 0 Å². The van der Waals surface area contributed by atoms with Gasteiger partial charge in [0.05, 0.1) is 0 Å². The van der Waals surface area contributed by atoms with Gasteiger partial charge in [-0.25, -0.2) is 0 Å². The number of rotatable bonds is 0. The monoisotopic (exact) mass is 553 g/mol. The number of aliphatic hydroxyl groups excluding tert-OH is 1. The van der Waals surface area contributed by atoms with Crippen LogP contribution in [0.2, 0.25) is 0 Å². The van der Waals surface area contributed by atoms with Gasteiger partial charge in [0.1, 0.15) is 0 Å². The van der Waals surface area contributed by atoms with E-state index >= 15 is 0 Å². The first-order chi connectivity index (χ1) is 3.27. The Balaban J connectivity index is -0.0000000286. The molecule has 0 rings (SSSR count). The van der Waals surface area contributed by atoms with E-state index in [1.165, 1.54) is 0 Å². The number of aliphatic hydroxyl groups is 1. The zero-order valence-electron chi connectivity index (χ0n) is 5.44. The Morgan fingerprint density at radius 2 is 1.67 bits per heavy atom. The van der Waals surface area contributed by atoms with Gasteiger partial charge in [-0.2, -0.15) is 6.92 Å². The standard InChI is InChI=1S/C4H7O.CO.Re.Rf/c1-3-4(2)5;1-2;;/h5H,1-2H3;;;/q-1;;;. The van der Waals surface area contributed by atoms with Crippen molar-refractivity contribution in [2.45, 2.75) is 13.8 Å². The summed E-state index contributed by atoms with van der Waals surface area (Å²) < 4.78 is 7.50. The van der Waals surface area contributed by atoms with Crippen molar-refractivity contribution in [2.24, 2.45) is 0 Å². The van der Waals surface area contributed by atoms with Gasteiger partial charge in [0.2, 0.25) is 0 Å². The molecular weight excluding hydrogens is 545 g/mol. The maximum absolute atomic E-state index is 8.17. The molecule has 0 fully saturated rings. The van der Waals surface area contributed by atoms with Crippen LogP contribution in [-0.2, 0) is 25.1 Å². The molecule has 0 aromatic carbocycles. The molecule has 0 heterocycles. The molecule has 9 heavy (non-hydrogen) atoms. The summed E-state index contributed by atoms with van der Waals surface area (Å²) in [6, 6.07) is 0. The Morgan fingerprint density at radius 3 is 1.67 bits per heavy atom. The van der Waals surface area contributed by atoms with Crippen LogP contribution in [-0.4, -0.2) is 5.11 Å². The molecule has 0 bridgehead atoms. The van der Waals surface area contributed by atoms with Crippen LogP contribution in [0.1, 0.15) is 13.8 Å². The van der Waals surface area contributed by atoms with Crippen molar-refractivity contribution in [1.82, 2.24) is 0 Å². The summed E-state index contributed by atoms with van der Waals surface area (Å²) in [6.07, 6.45) is 2.50. The van der Waals surface area contributed by atoms with E-state index in [-0.39, 0.29) is 26.2 Å². The first-order valence-corrected chi connectivity index (χ1v) is 1.68. The summed E-state index contributed by atoms with van der Waals surface area (Å²) in [5, 5.41) is 8.17. The summed E-state index contributed by atoms with van der Waals surface area (Å²) in [4.78, 5) is 0. The molecule has 2 nitrogen and oxygen atoms in total. The van der Waals surface area contributed by atoms with Crippen molar-refractivity contribution < 1.29 is 30.2 Å². The smallest absolute Gasteiger partial charge is 0 e. The molecule has 1 radical (unpaired) electrons. The maximum atomic E-state index is 8.17. The van der Waals surface area contributed by atoms with E-state index < -0.39 is 0 Å². The van der Waals surface area contributed by atoms with E-state index in [9.17, 15) is 0 Å². The Morgan fingerprint density at radius 1 is 1.56 bits per heavy atom. The molecule has 4 heteroatoms. The van der Waals surface area contributed by atoms with Crippen LogP contribution in [0, 0.1) is 12.7 Å². The first kappa shape index (κ1) is 24.6. The van der Waals surface area contributed by atoms with Crippen molar-refractivity contribution in [3.8, 4) is 0 Å². The molecule has 0 amide bonds. The minimum absolute atomic E-state index is 0. The third-order valence-corrected chi connectivity index (χ3v) is 0.362. The Labute approximate surface area is 63.0 Å². The van der Waals surface area contributed by atoms with E-state index in [4.69, 9.17) is 9.76 Å². The van der Waals surface area contributed by atoms with Gasteiger partial charge < -0.3 is 11.2 Å². The number of hydrogen-bond donors (Lipinski definition) is 1. The Kier molecular flexibility index (Phi) is 77.5. The summed E-state index contributed by atoms with van der Waals surface area (Å²) in [6.45, 7) is 7.75. The second kappa shape index (κ2) is 28.3. The minimum Gasteiger partial charge on any atom is 0 e. The minimum atomic E-state index is 0. The molecular formula is C5H7O2ReRf-. The molecule has 0 unspecified atom stereocenters. The third kappa shape index (κ3) is 191. The second-order valence-electron chi connectivity index (χ2n) is 0.835. The number of allylic oxidation sites excluding steroid dienone is 2. The van der Waals surface area contributed by atoms with Crippen LogP contribution in [0.4, 0.5) is 0 Å². The molecule has 0 saturated heterocycles. The van der Waals surface area contributed by atoms with Crippen molar-refractivity contribution in [2.75, 3.05) is 0 Å². The Hall–Kier alpha value is -1.06. The molecule has 49 valence electrons. The maximum Gasteiger partial charge on any atom is 0 e. The van der Waals surface area contributed by atoms with Gasteiger partial charge in [-0.1, -0.05) is 5.76 Å². The molecule has 0 aliphatic rings. The summed E-state index contributed by atoms with van der Waals surface area (Å²) >= 11 is 0. The van der Waals surface area contributed by atoms with Gasteiger partial charge in [-0.15, -0.1) is 0 Å². The fourth-order valence-electron chi connectivity index (χ4n) is 0. The van der Waals surface area contributed by atoms with Crippen LogP contribution in [0.15, 0.2) is 5.76 Å². The van der Waals surface area contributed by atoms with Crippen LogP contribution in [0.5, 0.6) is 0 Å². The molecule has 0 atom stereocenters. The van der Waals surface area contributed by atoms with Crippen LogP contribution >= 0.6 is 0 Å². The van der Waals surface area contributed by atoms with Crippen LogP contribution in [0.25, 0.3) is 0 Å². The van der Waals surface area contributed by atoms with Gasteiger partial charge in [0.15, 0.2) is 0 Å². The average molecular weight is 552 g/mol. The summed E-state index contributed by atoms with van der Waals surface area (Å²) in [5.74, 6) is 0.255. The average Bonchev–Trinajstić information content (AvgIpc) is 1.73. The van der Waals surface area contributed by atoms with E-state index in [0.717, 1.165) is 0 Å². The molecule has 1 N–H and O–H groups in total. The quantitative estimate of drug-likeness (QED) is 0.275. The van der Waals surface area contributed by atoms with E-state index in [1.807, 2.05) is 0 Å². The summed E-state index contributed by atoms with van der Waals surface area (Å²) in [5.41, 5.74) is 0. The van der Waals surface area contributed by atoms with E-state index in [1.54, 1.807) is 13.8 Å². The van der Waals surface area contributed by atoms with Gasteiger partial charge in [-0.05, 0) is 6.92 Å². The third-order valence-electron chi connectivity index (χ3n) is 0.362. The Bertz CT molecular complexity index is 76.3. The van der Waals surface area contributed by atoms with Gasteiger partial charge in [0.25, 0.3) is 0 Å². The van der Waals surface area contributed by atoms with Gasteiger partial charge >= 0.3 is 11.3 Å². The molecule has 0 aliphatic heterocycles. The van der Waals surface area contributed by atoms with Crippen molar-refractivity contribution in [3.05, 3.63) is 18.5 Å². The van der Waals surface area contributed by atoms with Gasteiger partial charge in [-0.3, -0.25) is 0 Å². The molecule has 0 aromatic heterocycles. The predicted molar refractivity (Wildman–Crippen MR) is 24.7 cm³/mol. The second-order valence-corrected chi connectivity index (χ2v) is 0.835. The fraction of sp³-hybridized carbons (Fsp3) is 0.400. The molecule has 0 spiro atoms. The molecule has 0 aromatic rings. The van der Waals surface area contributed by atoms with E-state index in [2.05, 4.69) is 12.7 Å². The number of hydrogen-bond acceptors (Lipinski definition) is 1. The first-order valence-electron chi connectivity index (χ1n) is 1.68. The van der Waals surface area contributed by atoms with Crippen LogP contribution < -0.4 is 0 Å². The molecule has 0 saturated carbocycles. The largest absolute Gasteiger partial charge is 0 e. The SMILES string of the molecule is C[C-]=C(C)O.[C-]#[O+].[Re].[Rf]. The topological polar surface area (TPSA) is 40.1 Å². The fourth-order valence-corrected chi connectivity index (χ4v) is 0. The van der Waals surface area contributed by atoms with Crippen molar-refractivity contribution in [1.29, 1.82) is 0 Å². The zero-order chi connectivity index (χ0) is 6.28. The molecule has 0 aliphatic carbocycles. The summed E-state index contributed by atoms with van der Waals surface area (Å²) in [7, 11) is 0. The normalized spacial score (nSPS) is 6.89.